The maximum atomic E-state index is 11.6. The zero-order valence-electron chi connectivity index (χ0n) is 10.7. The molecule has 4 heteroatoms. The van der Waals surface area contributed by atoms with E-state index in [9.17, 15) is 4.79 Å². The first kappa shape index (κ1) is 15.5. The van der Waals surface area contributed by atoms with Crippen molar-refractivity contribution in [3.05, 3.63) is 34.9 Å². The van der Waals surface area contributed by atoms with Crippen molar-refractivity contribution in [3.8, 4) is 0 Å². The van der Waals surface area contributed by atoms with Crippen molar-refractivity contribution in [2.75, 3.05) is 0 Å². The number of hydrogen-bond acceptors (Lipinski definition) is 2. The monoisotopic (exact) mass is 332 g/mol. The summed E-state index contributed by atoms with van der Waals surface area (Å²) in [6.45, 7) is 3.71. The summed E-state index contributed by atoms with van der Waals surface area (Å²) in [4.78, 5) is 11.3. The maximum absolute atomic E-state index is 11.6. The predicted octanol–water partition coefficient (Wildman–Crippen LogP) is 4.38. The van der Waals surface area contributed by atoms with Crippen LogP contribution in [0.4, 0.5) is 0 Å². The van der Waals surface area contributed by atoms with Gasteiger partial charge in [-0.15, -0.1) is 0 Å². The Morgan fingerprint density at radius 3 is 2.50 bits per heavy atom. The van der Waals surface area contributed by atoms with Crippen LogP contribution in [-0.4, -0.2) is 16.9 Å². The van der Waals surface area contributed by atoms with E-state index in [0.717, 1.165) is 24.3 Å². The number of aryl methyl sites for hydroxylation is 1. The van der Waals surface area contributed by atoms with Gasteiger partial charge in [0.15, 0.2) is 0 Å². The Hall–Kier alpha value is -0.540. The molecule has 1 rings (SSSR count). The number of hydrogen-bond donors (Lipinski definition) is 0. The van der Waals surface area contributed by atoms with Crippen molar-refractivity contribution in [2.45, 2.75) is 44.0 Å². The quantitative estimate of drug-likeness (QED) is 0.570. The summed E-state index contributed by atoms with van der Waals surface area (Å²) in [6.07, 6.45) is 2.58. The number of alkyl halides is 1. The average Bonchev–Trinajstić information content (AvgIpc) is 2.30. The van der Waals surface area contributed by atoms with E-state index in [0.29, 0.717) is 0 Å². The lowest BCUT2D eigenvalue weighted by Crippen LogP contribution is -2.21. The SMILES string of the molecule is CC(C)OC(=O)C(Br)CCCc1ccc(Cl)cc1. The first-order valence-electron chi connectivity index (χ1n) is 6.08. The largest absolute Gasteiger partial charge is 0.462 e. The summed E-state index contributed by atoms with van der Waals surface area (Å²) >= 11 is 9.18. The lowest BCUT2D eigenvalue weighted by molar-refractivity contribution is -0.146. The smallest absolute Gasteiger partial charge is 0.319 e. The van der Waals surface area contributed by atoms with E-state index in [1.807, 2.05) is 38.1 Å². The molecule has 0 aliphatic carbocycles. The second kappa shape index (κ2) is 7.80. The molecule has 0 N–H and O–H groups in total. The van der Waals surface area contributed by atoms with Crippen molar-refractivity contribution in [2.24, 2.45) is 0 Å². The molecule has 0 radical (unpaired) electrons. The van der Waals surface area contributed by atoms with E-state index in [2.05, 4.69) is 15.9 Å². The number of halogens is 2. The van der Waals surface area contributed by atoms with E-state index in [4.69, 9.17) is 16.3 Å². The number of ether oxygens (including phenoxy) is 1. The molecular weight excluding hydrogens is 316 g/mol. The van der Waals surface area contributed by atoms with Gasteiger partial charge in [-0.25, -0.2) is 0 Å². The molecule has 0 aliphatic heterocycles. The number of rotatable bonds is 6. The second-order valence-electron chi connectivity index (χ2n) is 4.47. The fraction of sp³-hybridized carbons (Fsp3) is 0.500. The Bertz CT molecular complexity index is 376. The molecule has 0 amide bonds. The van der Waals surface area contributed by atoms with Crippen LogP contribution in [0.25, 0.3) is 0 Å². The minimum atomic E-state index is -0.216. The Labute approximate surface area is 122 Å². The van der Waals surface area contributed by atoms with Gasteiger partial charge in [0.2, 0.25) is 0 Å². The number of esters is 1. The number of benzene rings is 1. The summed E-state index contributed by atoms with van der Waals surface area (Å²) in [6, 6.07) is 7.79. The number of carbonyl (C=O) groups is 1. The van der Waals surface area contributed by atoms with Crippen LogP contribution in [0.15, 0.2) is 24.3 Å². The molecule has 0 saturated heterocycles. The summed E-state index contributed by atoms with van der Waals surface area (Å²) in [5.41, 5.74) is 1.23. The molecule has 0 heterocycles. The van der Waals surface area contributed by atoms with E-state index in [1.165, 1.54) is 5.56 Å². The highest BCUT2D eigenvalue weighted by Gasteiger charge is 2.16. The first-order valence-corrected chi connectivity index (χ1v) is 7.37. The molecule has 0 bridgehead atoms. The fourth-order valence-corrected chi connectivity index (χ4v) is 2.12. The number of carbonyl (C=O) groups excluding carboxylic acids is 1. The second-order valence-corrected chi connectivity index (χ2v) is 6.01. The highest BCUT2D eigenvalue weighted by molar-refractivity contribution is 9.10. The van der Waals surface area contributed by atoms with Crippen LogP contribution in [0.3, 0.4) is 0 Å². The van der Waals surface area contributed by atoms with Gasteiger partial charge >= 0.3 is 5.97 Å². The van der Waals surface area contributed by atoms with E-state index < -0.39 is 0 Å². The van der Waals surface area contributed by atoms with Crippen molar-refractivity contribution in [3.63, 3.8) is 0 Å². The summed E-state index contributed by atoms with van der Waals surface area (Å²) in [5.74, 6) is -0.180. The topological polar surface area (TPSA) is 26.3 Å². The van der Waals surface area contributed by atoms with Crippen LogP contribution >= 0.6 is 27.5 Å². The van der Waals surface area contributed by atoms with E-state index in [-0.39, 0.29) is 16.9 Å². The highest BCUT2D eigenvalue weighted by Crippen LogP contribution is 2.15. The molecule has 0 aliphatic rings. The average molecular weight is 334 g/mol. The van der Waals surface area contributed by atoms with Gasteiger partial charge in [-0.1, -0.05) is 39.7 Å². The Morgan fingerprint density at radius 1 is 1.33 bits per heavy atom. The third-order valence-corrected chi connectivity index (χ3v) is 3.53. The molecule has 100 valence electrons. The van der Waals surface area contributed by atoms with Crippen LogP contribution in [0.2, 0.25) is 5.02 Å². The normalized spacial score (nSPS) is 12.5. The van der Waals surface area contributed by atoms with Gasteiger partial charge < -0.3 is 4.74 Å². The van der Waals surface area contributed by atoms with Crippen molar-refractivity contribution >= 4 is 33.5 Å². The van der Waals surface area contributed by atoms with Crippen molar-refractivity contribution < 1.29 is 9.53 Å². The van der Waals surface area contributed by atoms with Gasteiger partial charge in [0.25, 0.3) is 0 Å². The minimum absolute atomic E-state index is 0.0613. The Morgan fingerprint density at radius 2 is 1.94 bits per heavy atom. The molecule has 1 atom stereocenters. The molecule has 1 aromatic rings. The fourth-order valence-electron chi connectivity index (χ4n) is 1.56. The van der Waals surface area contributed by atoms with Crippen molar-refractivity contribution in [1.82, 2.24) is 0 Å². The third-order valence-electron chi connectivity index (χ3n) is 2.44. The van der Waals surface area contributed by atoms with Crippen molar-refractivity contribution in [1.29, 1.82) is 0 Å². The van der Waals surface area contributed by atoms with Gasteiger partial charge in [0, 0.05) is 5.02 Å². The van der Waals surface area contributed by atoms with Gasteiger partial charge in [-0.05, 0) is 50.8 Å². The predicted molar refractivity (Wildman–Crippen MR) is 78.3 cm³/mol. The molecular formula is C14H18BrClO2. The summed E-state index contributed by atoms with van der Waals surface area (Å²) in [7, 11) is 0. The molecule has 2 nitrogen and oxygen atoms in total. The minimum Gasteiger partial charge on any atom is -0.462 e. The molecule has 1 unspecified atom stereocenters. The molecule has 0 saturated carbocycles. The van der Waals surface area contributed by atoms with Gasteiger partial charge in [0.05, 0.1) is 6.10 Å². The van der Waals surface area contributed by atoms with Gasteiger partial charge in [0.1, 0.15) is 4.83 Å². The molecule has 0 spiro atoms. The standard InChI is InChI=1S/C14H18BrClO2/c1-10(2)18-14(17)13(15)5-3-4-11-6-8-12(16)9-7-11/h6-10,13H,3-5H2,1-2H3. The van der Waals surface area contributed by atoms with Crippen LogP contribution in [-0.2, 0) is 16.0 Å². The van der Waals surface area contributed by atoms with Crippen LogP contribution in [0, 0.1) is 0 Å². The summed E-state index contributed by atoms with van der Waals surface area (Å²) < 4.78 is 5.13. The van der Waals surface area contributed by atoms with Crippen LogP contribution in [0.5, 0.6) is 0 Å². The molecule has 18 heavy (non-hydrogen) atoms. The van der Waals surface area contributed by atoms with Crippen LogP contribution in [0.1, 0.15) is 32.3 Å². The van der Waals surface area contributed by atoms with Gasteiger partial charge in [-0.2, -0.15) is 0 Å². The molecule has 0 fully saturated rings. The van der Waals surface area contributed by atoms with E-state index >= 15 is 0 Å². The van der Waals surface area contributed by atoms with Gasteiger partial charge in [-0.3, -0.25) is 4.79 Å². The lowest BCUT2D eigenvalue weighted by atomic mass is 10.1. The van der Waals surface area contributed by atoms with Crippen LogP contribution < -0.4 is 0 Å². The molecule has 1 aromatic carbocycles. The zero-order chi connectivity index (χ0) is 13.5. The summed E-state index contributed by atoms with van der Waals surface area (Å²) in [5, 5.41) is 0.748. The maximum Gasteiger partial charge on any atom is 0.319 e. The van der Waals surface area contributed by atoms with E-state index in [1.54, 1.807) is 0 Å². The first-order chi connectivity index (χ1) is 8.49. The molecule has 0 aromatic heterocycles. The lowest BCUT2D eigenvalue weighted by Gasteiger charge is -2.12. The highest BCUT2D eigenvalue weighted by atomic mass is 79.9. The third kappa shape index (κ3) is 5.87. The Kier molecular flexibility index (Phi) is 6.72. The Balaban J connectivity index is 2.28. The zero-order valence-corrected chi connectivity index (χ0v) is 13.0.